The molecule has 0 aromatic heterocycles. The third kappa shape index (κ3) is 9.36. The van der Waals surface area contributed by atoms with Gasteiger partial charge >= 0.3 is 0 Å². The molecule has 0 aliphatic rings. The van der Waals surface area contributed by atoms with Crippen molar-refractivity contribution in [2.24, 2.45) is 0 Å². The van der Waals surface area contributed by atoms with Crippen LogP contribution in [0.25, 0.3) is 0 Å². The SMILES string of the molecule is CCCNC(=O)C(Cc1ccccc1)N(Cc1cccc(OC)c1)C(=O)CN(c1ccc(C)cc1)S(=O)(=O)c1ccc(OCC)cc1. The first kappa shape index (κ1) is 35.0. The zero-order valence-corrected chi connectivity index (χ0v) is 28.2. The van der Waals surface area contributed by atoms with E-state index in [1.165, 1.54) is 17.0 Å². The van der Waals surface area contributed by atoms with Crippen molar-refractivity contribution in [3.05, 3.63) is 120 Å². The van der Waals surface area contributed by atoms with Crippen molar-refractivity contribution in [1.82, 2.24) is 10.2 Å². The van der Waals surface area contributed by atoms with Crippen LogP contribution in [0, 0.1) is 6.92 Å². The number of amides is 2. The fourth-order valence-corrected chi connectivity index (χ4v) is 6.54. The van der Waals surface area contributed by atoms with E-state index in [9.17, 15) is 18.0 Å². The molecule has 0 bridgehead atoms. The Bertz CT molecular complexity index is 1710. The van der Waals surface area contributed by atoms with E-state index < -0.39 is 28.5 Å². The van der Waals surface area contributed by atoms with Crippen LogP contribution in [0.2, 0.25) is 0 Å². The minimum Gasteiger partial charge on any atom is -0.497 e. The molecule has 9 nitrogen and oxygen atoms in total. The fourth-order valence-electron chi connectivity index (χ4n) is 5.13. The molecule has 4 aromatic carbocycles. The van der Waals surface area contributed by atoms with Crippen LogP contribution in [0.5, 0.6) is 11.5 Å². The van der Waals surface area contributed by atoms with Crippen LogP contribution >= 0.6 is 0 Å². The Morgan fingerprint density at radius 1 is 0.830 bits per heavy atom. The molecule has 248 valence electrons. The van der Waals surface area contributed by atoms with E-state index in [1.807, 2.05) is 63.2 Å². The van der Waals surface area contributed by atoms with Gasteiger partial charge in [-0.1, -0.05) is 67.1 Å². The number of benzene rings is 4. The normalized spacial score (nSPS) is 11.7. The Morgan fingerprint density at radius 2 is 1.51 bits per heavy atom. The second-order valence-corrected chi connectivity index (χ2v) is 13.0. The van der Waals surface area contributed by atoms with Crippen LogP contribution in [0.4, 0.5) is 5.69 Å². The molecule has 0 aliphatic carbocycles. The average Bonchev–Trinajstić information content (AvgIpc) is 3.09. The summed E-state index contributed by atoms with van der Waals surface area (Å²) in [7, 11) is -2.66. The van der Waals surface area contributed by atoms with E-state index in [-0.39, 0.29) is 23.8 Å². The van der Waals surface area contributed by atoms with Crippen LogP contribution < -0.4 is 19.1 Å². The van der Waals surface area contributed by atoms with Crippen molar-refractivity contribution in [2.75, 3.05) is 31.1 Å². The van der Waals surface area contributed by atoms with Crippen molar-refractivity contribution in [1.29, 1.82) is 0 Å². The second-order valence-electron chi connectivity index (χ2n) is 11.1. The molecule has 0 saturated heterocycles. The molecule has 2 amide bonds. The quantitative estimate of drug-likeness (QED) is 0.164. The number of aryl methyl sites for hydroxylation is 1. The summed E-state index contributed by atoms with van der Waals surface area (Å²) in [6.07, 6.45) is 0.956. The lowest BCUT2D eigenvalue weighted by Crippen LogP contribution is -2.53. The predicted octanol–water partition coefficient (Wildman–Crippen LogP) is 5.76. The predicted molar refractivity (Wildman–Crippen MR) is 184 cm³/mol. The number of nitrogens with zero attached hydrogens (tertiary/aromatic N) is 2. The van der Waals surface area contributed by atoms with Gasteiger partial charge in [-0.15, -0.1) is 0 Å². The molecular formula is C37H43N3O6S. The minimum absolute atomic E-state index is 0.00944. The molecule has 4 aromatic rings. The standard InChI is InChI=1S/C37H43N3O6S/c1-5-23-38-37(42)35(25-29-11-8-7-9-12-29)39(26-30-13-10-14-33(24-30)45-4)36(41)27-40(31-17-15-28(3)16-18-31)47(43,44)34-21-19-32(20-22-34)46-6-2/h7-22,24,35H,5-6,23,25-27H2,1-4H3,(H,38,42). The lowest BCUT2D eigenvalue weighted by atomic mass is 10.0. The van der Waals surface area contributed by atoms with Crippen LogP contribution in [0.3, 0.4) is 0 Å². The molecule has 1 N–H and O–H groups in total. The van der Waals surface area contributed by atoms with Gasteiger partial charge in [-0.25, -0.2) is 8.42 Å². The van der Waals surface area contributed by atoms with Crippen molar-refractivity contribution >= 4 is 27.5 Å². The Balaban J connectivity index is 1.79. The number of rotatable bonds is 16. The van der Waals surface area contributed by atoms with Crippen molar-refractivity contribution in [2.45, 2.75) is 51.1 Å². The first-order valence-corrected chi connectivity index (χ1v) is 17.2. The van der Waals surface area contributed by atoms with Gasteiger partial charge < -0.3 is 19.7 Å². The number of sulfonamides is 1. The van der Waals surface area contributed by atoms with Gasteiger partial charge in [0.05, 0.1) is 24.3 Å². The molecule has 0 heterocycles. The summed E-state index contributed by atoms with van der Waals surface area (Å²) < 4.78 is 40.5. The molecule has 47 heavy (non-hydrogen) atoms. The smallest absolute Gasteiger partial charge is 0.264 e. The summed E-state index contributed by atoms with van der Waals surface area (Å²) >= 11 is 0. The number of hydrogen-bond acceptors (Lipinski definition) is 6. The van der Waals surface area contributed by atoms with Crippen molar-refractivity contribution in [3.8, 4) is 11.5 Å². The van der Waals surface area contributed by atoms with Gasteiger partial charge in [0.25, 0.3) is 10.0 Å². The molecule has 4 rings (SSSR count). The first-order chi connectivity index (χ1) is 22.7. The van der Waals surface area contributed by atoms with E-state index >= 15 is 0 Å². The van der Waals surface area contributed by atoms with Crippen LogP contribution in [-0.4, -0.2) is 58.0 Å². The van der Waals surface area contributed by atoms with E-state index in [2.05, 4.69) is 5.32 Å². The third-order valence-electron chi connectivity index (χ3n) is 7.63. The Kier molecular flexibility index (Phi) is 12.4. The largest absolute Gasteiger partial charge is 0.497 e. The van der Waals surface area contributed by atoms with Gasteiger partial charge in [0.1, 0.15) is 24.1 Å². The van der Waals surface area contributed by atoms with Crippen LogP contribution in [0.1, 0.15) is 37.0 Å². The summed E-state index contributed by atoms with van der Waals surface area (Å²) in [4.78, 5) is 29.8. The Morgan fingerprint density at radius 3 is 2.15 bits per heavy atom. The first-order valence-electron chi connectivity index (χ1n) is 15.7. The third-order valence-corrected chi connectivity index (χ3v) is 9.42. The molecular weight excluding hydrogens is 614 g/mol. The zero-order chi connectivity index (χ0) is 33.8. The molecule has 1 unspecified atom stereocenters. The van der Waals surface area contributed by atoms with Gasteiger partial charge in [0.15, 0.2) is 0 Å². The number of carbonyl (C=O) groups is 2. The highest BCUT2D eigenvalue weighted by Gasteiger charge is 2.34. The molecule has 0 spiro atoms. The Hall–Kier alpha value is -4.83. The molecule has 10 heteroatoms. The van der Waals surface area contributed by atoms with E-state index in [0.717, 1.165) is 27.4 Å². The molecule has 0 aliphatic heterocycles. The van der Waals surface area contributed by atoms with Gasteiger partial charge in [0, 0.05) is 19.5 Å². The summed E-state index contributed by atoms with van der Waals surface area (Å²) in [5.74, 6) is 0.290. The zero-order valence-electron chi connectivity index (χ0n) is 27.4. The summed E-state index contributed by atoms with van der Waals surface area (Å²) in [6, 6.07) is 28.9. The van der Waals surface area contributed by atoms with Gasteiger partial charge in [-0.2, -0.15) is 0 Å². The maximum atomic E-state index is 14.6. The van der Waals surface area contributed by atoms with Gasteiger partial charge in [-0.05, 0) is 79.9 Å². The van der Waals surface area contributed by atoms with Crippen molar-refractivity contribution < 1.29 is 27.5 Å². The second kappa shape index (κ2) is 16.6. The van der Waals surface area contributed by atoms with Gasteiger partial charge in [-0.3, -0.25) is 13.9 Å². The molecule has 0 fully saturated rings. The highest BCUT2D eigenvalue weighted by atomic mass is 32.2. The highest BCUT2D eigenvalue weighted by Crippen LogP contribution is 2.27. The maximum absolute atomic E-state index is 14.6. The molecule has 0 saturated carbocycles. The number of nitrogens with one attached hydrogen (secondary N) is 1. The van der Waals surface area contributed by atoms with Crippen LogP contribution in [0.15, 0.2) is 108 Å². The summed E-state index contributed by atoms with van der Waals surface area (Å²) in [5.41, 5.74) is 2.86. The maximum Gasteiger partial charge on any atom is 0.264 e. The van der Waals surface area contributed by atoms with Crippen molar-refractivity contribution in [3.63, 3.8) is 0 Å². The summed E-state index contributed by atoms with van der Waals surface area (Å²) in [6.45, 7) is 6.10. The highest BCUT2D eigenvalue weighted by molar-refractivity contribution is 7.92. The number of anilines is 1. The lowest BCUT2D eigenvalue weighted by Gasteiger charge is -2.34. The fraction of sp³-hybridized carbons (Fsp3) is 0.297. The van der Waals surface area contributed by atoms with E-state index in [1.54, 1.807) is 55.6 Å². The van der Waals surface area contributed by atoms with Crippen LogP contribution in [-0.2, 0) is 32.6 Å². The Labute approximate surface area is 278 Å². The lowest BCUT2D eigenvalue weighted by molar-refractivity contribution is -0.140. The minimum atomic E-state index is -4.22. The van der Waals surface area contributed by atoms with Gasteiger partial charge in [0.2, 0.25) is 11.8 Å². The average molecular weight is 658 g/mol. The molecule has 0 radical (unpaired) electrons. The number of hydrogen-bond donors (Lipinski definition) is 1. The number of ether oxygens (including phenoxy) is 2. The monoisotopic (exact) mass is 657 g/mol. The number of methoxy groups -OCH3 is 1. The van der Waals surface area contributed by atoms with E-state index in [4.69, 9.17) is 9.47 Å². The van der Waals surface area contributed by atoms with E-state index in [0.29, 0.717) is 30.3 Å². The molecule has 1 atom stereocenters. The number of carbonyl (C=O) groups excluding carboxylic acids is 2. The summed E-state index contributed by atoms with van der Waals surface area (Å²) in [5, 5.41) is 2.96. The topological polar surface area (TPSA) is 105 Å².